The van der Waals surface area contributed by atoms with Gasteiger partial charge in [-0.15, -0.1) is 0 Å². The van der Waals surface area contributed by atoms with Crippen molar-refractivity contribution in [1.29, 1.82) is 0 Å². The first-order valence-electron chi connectivity index (χ1n) is 23.6. The summed E-state index contributed by atoms with van der Waals surface area (Å²) in [6, 6.07) is 78.0. The Morgan fingerprint density at radius 3 is 1.43 bits per heavy atom. The molecule has 0 saturated heterocycles. The van der Waals surface area contributed by atoms with Gasteiger partial charge < -0.3 is 4.42 Å². The molecule has 3 heterocycles. The molecule has 0 fully saturated rings. The molecular weight excluding hydrogens is 855 g/mol. The van der Waals surface area contributed by atoms with Crippen LogP contribution in [0.4, 0.5) is 0 Å². The summed E-state index contributed by atoms with van der Waals surface area (Å²) in [6.45, 7) is 4.63. The molecule has 0 atom stereocenters. The van der Waals surface area contributed by atoms with Crippen LogP contribution < -0.4 is 0 Å². The summed E-state index contributed by atoms with van der Waals surface area (Å²) < 4.78 is 6.33. The van der Waals surface area contributed by atoms with E-state index >= 15 is 0 Å². The second kappa shape index (κ2) is 16.6. The highest BCUT2D eigenvalue weighted by Gasteiger charge is 2.35. The standard InChI is InChI=1S/C64H43N5O/c1-64(2)54-28-11-9-26-50(54)51-32-30-46(37-55(51)64)57-39-56(65-60(66-57)41-18-7-4-8-19-41)45-23-13-21-43(34-45)44-22-15-25-48(36-44)62-67-61(47-24-14-20-42(35-47)40-16-5-3-6-17-40)68-63(69-62)49-31-33-53-52-27-10-12-29-58(52)70-59(53)38-49/h3-39H,1-2H3. The van der Waals surface area contributed by atoms with Crippen molar-refractivity contribution in [3.05, 3.63) is 236 Å². The molecule has 13 rings (SSSR count). The Labute approximate surface area is 405 Å². The third kappa shape index (κ3) is 7.25. The van der Waals surface area contributed by atoms with Crippen molar-refractivity contribution >= 4 is 21.9 Å². The summed E-state index contributed by atoms with van der Waals surface area (Å²) >= 11 is 0. The number of rotatable bonds is 8. The van der Waals surface area contributed by atoms with Gasteiger partial charge in [-0.05, 0) is 93.0 Å². The zero-order valence-electron chi connectivity index (χ0n) is 38.5. The zero-order valence-corrected chi connectivity index (χ0v) is 38.5. The molecule has 9 aromatic carbocycles. The van der Waals surface area contributed by atoms with Crippen molar-refractivity contribution in [3.8, 4) is 101 Å². The van der Waals surface area contributed by atoms with Gasteiger partial charge in [-0.25, -0.2) is 24.9 Å². The number of hydrogen-bond acceptors (Lipinski definition) is 6. The first-order chi connectivity index (χ1) is 34.4. The van der Waals surface area contributed by atoms with Gasteiger partial charge in [0.1, 0.15) is 11.2 Å². The van der Waals surface area contributed by atoms with Crippen LogP contribution in [0.3, 0.4) is 0 Å². The fourth-order valence-electron chi connectivity index (χ4n) is 10.1. The normalized spacial score (nSPS) is 12.5. The minimum Gasteiger partial charge on any atom is -0.456 e. The van der Waals surface area contributed by atoms with E-state index in [0.29, 0.717) is 23.3 Å². The van der Waals surface area contributed by atoms with E-state index in [9.17, 15) is 0 Å². The van der Waals surface area contributed by atoms with Gasteiger partial charge in [0.15, 0.2) is 23.3 Å². The van der Waals surface area contributed by atoms with Gasteiger partial charge in [0, 0.05) is 49.6 Å². The molecule has 0 bridgehead atoms. The van der Waals surface area contributed by atoms with E-state index in [-0.39, 0.29) is 5.41 Å². The van der Waals surface area contributed by atoms with Gasteiger partial charge >= 0.3 is 0 Å². The van der Waals surface area contributed by atoms with Gasteiger partial charge in [-0.2, -0.15) is 0 Å². The molecule has 0 amide bonds. The maximum atomic E-state index is 6.33. The quantitative estimate of drug-likeness (QED) is 0.151. The molecule has 3 aromatic heterocycles. The Balaban J connectivity index is 0.904. The van der Waals surface area contributed by atoms with Crippen LogP contribution in [-0.2, 0) is 5.41 Å². The second-order valence-electron chi connectivity index (χ2n) is 18.5. The molecule has 330 valence electrons. The Kier molecular flexibility index (Phi) is 9.73. The molecule has 70 heavy (non-hydrogen) atoms. The summed E-state index contributed by atoms with van der Waals surface area (Å²) in [5, 5.41) is 2.12. The highest BCUT2D eigenvalue weighted by Crippen LogP contribution is 2.49. The molecule has 6 nitrogen and oxygen atoms in total. The summed E-state index contributed by atoms with van der Waals surface area (Å²) in [5.41, 5.74) is 18.3. The van der Waals surface area contributed by atoms with Crippen molar-refractivity contribution in [2.45, 2.75) is 19.3 Å². The first kappa shape index (κ1) is 41.1. The smallest absolute Gasteiger partial charge is 0.164 e. The van der Waals surface area contributed by atoms with Crippen LogP contribution >= 0.6 is 0 Å². The molecule has 1 aliphatic carbocycles. The van der Waals surface area contributed by atoms with Crippen LogP contribution in [0, 0.1) is 0 Å². The molecule has 0 N–H and O–H groups in total. The number of fused-ring (bicyclic) bond motifs is 6. The molecule has 6 heteroatoms. The number of aromatic nitrogens is 5. The lowest BCUT2D eigenvalue weighted by Gasteiger charge is -2.22. The summed E-state index contributed by atoms with van der Waals surface area (Å²) in [4.78, 5) is 25.9. The van der Waals surface area contributed by atoms with Crippen LogP contribution in [0.1, 0.15) is 25.0 Å². The van der Waals surface area contributed by atoms with Crippen molar-refractivity contribution in [2.75, 3.05) is 0 Å². The van der Waals surface area contributed by atoms with E-state index < -0.39 is 0 Å². The highest BCUT2D eigenvalue weighted by molar-refractivity contribution is 6.05. The summed E-state index contributed by atoms with van der Waals surface area (Å²) in [7, 11) is 0. The number of para-hydroxylation sites is 1. The average Bonchev–Trinajstić information content (AvgIpc) is 3.92. The second-order valence-corrected chi connectivity index (χ2v) is 18.5. The van der Waals surface area contributed by atoms with E-state index in [0.717, 1.165) is 89.0 Å². The number of hydrogen-bond donors (Lipinski definition) is 0. The Bertz CT molecular complexity index is 3990. The molecule has 0 unspecified atom stereocenters. The lowest BCUT2D eigenvalue weighted by Crippen LogP contribution is -2.14. The fourth-order valence-corrected chi connectivity index (χ4v) is 10.1. The monoisotopic (exact) mass is 897 g/mol. The molecule has 1 aliphatic rings. The highest BCUT2D eigenvalue weighted by atomic mass is 16.3. The molecule has 0 radical (unpaired) electrons. The van der Waals surface area contributed by atoms with Crippen molar-refractivity contribution in [3.63, 3.8) is 0 Å². The van der Waals surface area contributed by atoms with Gasteiger partial charge in [-0.1, -0.05) is 190 Å². The van der Waals surface area contributed by atoms with Crippen LogP contribution in [-0.4, -0.2) is 24.9 Å². The van der Waals surface area contributed by atoms with Gasteiger partial charge in [0.2, 0.25) is 0 Å². The van der Waals surface area contributed by atoms with E-state index in [1.165, 1.54) is 22.3 Å². The average molecular weight is 898 g/mol. The van der Waals surface area contributed by atoms with Crippen molar-refractivity contribution in [1.82, 2.24) is 24.9 Å². The Morgan fingerprint density at radius 2 is 0.743 bits per heavy atom. The van der Waals surface area contributed by atoms with E-state index in [2.05, 4.69) is 190 Å². The molecule has 0 aliphatic heterocycles. The Morgan fingerprint density at radius 1 is 0.286 bits per heavy atom. The van der Waals surface area contributed by atoms with Crippen molar-refractivity contribution in [2.24, 2.45) is 0 Å². The van der Waals surface area contributed by atoms with Crippen LogP contribution in [0.5, 0.6) is 0 Å². The fraction of sp³-hybridized carbons (Fsp3) is 0.0469. The first-order valence-corrected chi connectivity index (χ1v) is 23.6. The molecule has 12 aromatic rings. The molecular formula is C64H43N5O. The van der Waals surface area contributed by atoms with Gasteiger partial charge in [0.25, 0.3) is 0 Å². The maximum absolute atomic E-state index is 6.33. The van der Waals surface area contributed by atoms with Crippen LogP contribution in [0.25, 0.3) is 123 Å². The third-order valence-electron chi connectivity index (χ3n) is 13.8. The predicted molar refractivity (Wildman–Crippen MR) is 284 cm³/mol. The number of furan rings is 1. The Hall–Kier alpha value is -9.13. The number of nitrogens with zero attached hydrogens (tertiary/aromatic N) is 5. The summed E-state index contributed by atoms with van der Waals surface area (Å²) in [6.07, 6.45) is 0. The summed E-state index contributed by atoms with van der Waals surface area (Å²) in [5.74, 6) is 2.39. The minimum absolute atomic E-state index is 0.134. The topological polar surface area (TPSA) is 77.6 Å². The van der Waals surface area contributed by atoms with Crippen LogP contribution in [0.15, 0.2) is 229 Å². The molecule has 0 spiro atoms. The molecule has 0 saturated carbocycles. The predicted octanol–water partition coefficient (Wildman–Crippen LogP) is 16.2. The lowest BCUT2D eigenvalue weighted by molar-refractivity contribution is 0.660. The SMILES string of the molecule is CC1(C)c2ccccc2-c2ccc(-c3cc(-c4cccc(-c5cccc(-c6nc(-c7cccc(-c8ccccc8)c7)nc(-c7ccc8c(c7)oc7ccccc78)n6)c5)c4)nc(-c4ccccc4)n3)cc21. The lowest BCUT2D eigenvalue weighted by atomic mass is 9.82. The maximum Gasteiger partial charge on any atom is 0.164 e. The van der Waals surface area contributed by atoms with Crippen molar-refractivity contribution < 1.29 is 4.42 Å². The minimum atomic E-state index is -0.134. The third-order valence-corrected chi connectivity index (χ3v) is 13.8. The van der Waals surface area contributed by atoms with E-state index in [1.807, 2.05) is 48.5 Å². The van der Waals surface area contributed by atoms with Gasteiger partial charge in [-0.3, -0.25) is 0 Å². The van der Waals surface area contributed by atoms with Gasteiger partial charge in [0.05, 0.1) is 11.4 Å². The van der Waals surface area contributed by atoms with E-state index in [4.69, 9.17) is 29.3 Å². The largest absolute Gasteiger partial charge is 0.456 e. The zero-order chi connectivity index (χ0) is 46.8. The van der Waals surface area contributed by atoms with E-state index in [1.54, 1.807) is 0 Å². The number of benzene rings is 9. The van der Waals surface area contributed by atoms with Crippen LogP contribution in [0.2, 0.25) is 0 Å².